The normalized spacial score (nSPS) is 10.7. The van der Waals surface area contributed by atoms with Gasteiger partial charge >= 0.3 is 99.2 Å². The van der Waals surface area contributed by atoms with Crippen molar-refractivity contribution in [1.29, 1.82) is 0 Å². The topological polar surface area (TPSA) is 0 Å². The van der Waals surface area contributed by atoms with Gasteiger partial charge in [0.25, 0.3) is 0 Å². The molecule has 0 aromatic heterocycles. The average molecular weight is 283 g/mol. The van der Waals surface area contributed by atoms with E-state index in [-0.39, 0.29) is 20.5 Å². The molecule has 0 saturated carbocycles. The number of benzene rings is 2. The zero-order valence-corrected chi connectivity index (χ0v) is 10.2. The first kappa shape index (κ1) is 11.3. The second-order valence-electron chi connectivity index (χ2n) is 3.25. The van der Waals surface area contributed by atoms with Crippen LogP contribution in [-0.2, 0) is 0 Å². The molecule has 0 N–H and O–H groups in total. The quantitative estimate of drug-likeness (QED) is 0.758. The molecule has 0 amide bonds. The van der Waals surface area contributed by atoms with E-state index in [1.165, 1.54) is 6.07 Å². The van der Waals surface area contributed by atoms with Crippen LogP contribution in [0.25, 0.3) is 0 Å². The van der Waals surface area contributed by atoms with E-state index >= 15 is 0 Å². The van der Waals surface area contributed by atoms with Crippen molar-refractivity contribution in [3.8, 4) is 0 Å². The Balaban J connectivity index is 2.28. The molecular formula is C13H10F2Se. The van der Waals surface area contributed by atoms with Gasteiger partial charge in [0.1, 0.15) is 0 Å². The molecule has 0 aliphatic carbocycles. The number of alkyl halides is 2. The van der Waals surface area contributed by atoms with Crippen LogP contribution in [0.4, 0.5) is 8.78 Å². The summed E-state index contributed by atoms with van der Waals surface area (Å²) >= 11 is -0.0473. The van der Waals surface area contributed by atoms with E-state index in [0.717, 1.165) is 8.92 Å². The van der Waals surface area contributed by atoms with Gasteiger partial charge in [0, 0.05) is 0 Å². The van der Waals surface area contributed by atoms with Gasteiger partial charge in [-0.1, -0.05) is 0 Å². The van der Waals surface area contributed by atoms with Crippen LogP contribution in [0.1, 0.15) is 12.0 Å². The van der Waals surface area contributed by atoms with Gasteiger partial charge in [0.2, 0.25) is 0 Å². The van der Waals surface area contributed by atoms with Crippen LogP contribution < -0.4 is 8.92 Å². The van der Waals surface area contributed by atoms with E-state index in [2.05, 4.69) is 0 Å². The standard InChI is InChI=1S/C13H10F2Se/c14-13(15)11-8-4-5-9-12(11)16-10-6-2-1-3-7-10/h1-9,13H. The summed E-state index contributed by atoms with van der Waals surface area (Å²) in [5, 5.41) is 0. The van der Waals surface area contributed by atoms with Gasteiger partial charge in [-0.3, -0.25) is 0 Å². The summed E-state index contributed by atoms with van der Waals surface area (Å²) in [7, 11) is 0. The Bertz CT molecular complexity index is 454. The Morgan fingerprint density at radius 3 is 2.12 bits per heavy atom. The van der Waals surface area contributed by atoms with Crippen LogP contribution >= 0.6 is 0 Å². The summed E-state index contributed by atoms with van der Waals surface area (Å²) in [5.74, 6) is 0. The zero-order chi connectivity index (χ0) is 11.4. The molecule has 0 heterocycles. The van der Waals surface area contributed by atoms with E-state index in [1.54, 1.807) is 12.1 Å². The Morgan fingerprint density at radius 2 is 1.44 bits per heavy atom. The molecule has 2 aromatic rings. The van der Waals surface area contributed by atoms with Gasteiger partial charge in [-0.2, -0.15) is 0 Å². The molecule has 0 nitrogen and oxygen atoms in total. The predicted octanol–water partition coefficient (Wildman–Crippen LogP) is 2.28. The Kier molecular flexibility index (Phi) is 3.70. The Morgan fingerprint density at radius 1 is 0.812 bits per heavy atom. The molecule has 0 bridgehead atoms. The molecule has 16 heavy (non-hydrogen) atoms. The Labute approximate surface area is 99.5 Å². The van der Waals surface area contributed by atoms with E-state index in [9.17, 15) is 8.78 Å². The number of hydrogen-bond acceptors (Lipinski definition) is 0. The van der Waals surface area contributed by atoms with Gasteiger partial charge in [-0.15, -0.1) is 0 Å². The molecule has 2 rings (SSSR count). The molecule has 82 valence electrons. The molecule has 0 atom stereocenters. The summed E-state index contributed by atoms with van der Waals surface area (Å²) in [4.78, 5) is 0. The van der Waals surface area contributed by atoms with Gasteiger partial charge in [0.05, 0.1) is 0 Å². The summed E-state index contributed by atoms with van der Waals surface area (Å²) in [6.07, 6.45) is -2.39. The van der Waals surface area contributed by atoms with Crippen molar-refractivity contribution in [2.45, 2.75) is 6.43 Å². The average Bonchev–Trinajstić information content (AvgIpc) is 2.31. The van der Waals surface area contributed by atoms with Crippen LogP contribution in [0.15, 0.2) is 54.6 Å². The molecule has 0 unspecified atom stereocenters. The van der Waals surface area contributed by atoms with Crippen molar-refractivity contribution >= 4 is 23.9 Å². The number of rotatable bonds is 3. The summed E-state index contributed by atoms with van der Waals surface area (Å²) in [6, 6.07) is 16.5. The molecule has 2 aromatic carbocycles. The van der Waals surface area contributed by atoms with Gasteiger partial charge < -0.3 is 0 Å². The fourth-order valence-corrected chi connectivity index (χ4v) is 3.40. The van der Waals surface area contributed by atoms with Crippen molar-refractivity contribution in [3.05, 3.63) is 60.2 Å². The second kappa shape index (κ2) is 5.24. The second-order valence-corrected chi connectivity index (χ2v) is 5.59. The molecule has 0 aliphatic rings. The minimum atomic E-state index is -2.39. The number of halogens is 2. The molecule has 3 heteroatoms. The third-order valence-electron chi connectivity index (χ3n) is 2.13. The predicted molar refractivity (Wildman–Crippen MR) is 62.9 cm³/mol. The maximum absolute atomic E-state index is 12.7. The zero-order valence-electron chi connectivity index (χ0n) is 8.44. The summed E-state index contributed by atoms with van der Waals surface area (Å²) in [6.45, 7) is 0. The maximum atomic E-state index is 12.7. The third kappa shape index (κ3) is 2.69. The first-order valence-corrected chi connectivity index (χ1v) is 6.58. The molecule has 0 spiro atoms. The van der Waals surface area contributed by atoms with E-state index in [1.807, 2.05) is 36.4 Å². The fraction of sp³-hybridized carbons (Fsp3) is 0.0769. The van der Waals surface area contributed by atoms with Crippen molar-refractivity contribution in [1.82, 2.24) is 0 Å². The van der Waals surface area contributed by atoms with E-state index < -0.39 is 6.43 Å². The monoisotopic (exact) mass is 284 g/mol. The first-order chi connectivity index (χ1) is 7.77. The van der Waals surface area contributed by atoms with Crippen LogP contribution in [-0.4, -0.2) is 15.0 Å². The van der Waals surface area contributed by atoms with Crippen LogP contribution in [0.3, 0.4) is 0 Å². The summed E-state index contributed by atoms with van der Waals surface area (Å²) < 4.78 is 27.4. The van der Waals surface area contributed by atoms with Crippen LogP contribution in [0.5, 0.6) is 0 Å². The van der Waals surface area contributed by atoms with Crippen LogP contribution in [0.2, 0.25) is 0 Å². The van der Waals surface area contributed by atoms with Gasteiger partial charge in [-0.05, 0) is 0 Å². The molecular weight excluding hydrogens is 273 g/mol. The molecule has 0 aliphatic heterocycles. The fourth-order valence-electron chi connectivity index (χ4n) is 1.37. The van der Waals surface area contributed by atoms with Crippen molar-refractivity contribution in [2.24, 2.45) is 0 Å². The SMILES string of the molecule is FC(F)c1ccccc1[Se]c1ccccc1. The molecule has 0 fully saturated rings. The van der Waals surface area contributed by atoms with Crippen molar-refractivity contribution in [2.75, 3.05) is 0 Å². The van der Waals surface area contributed by atoms with E-state index in [4.69, 9.17) is 0 Å². The van der Waals surface area contributed by atoms with Gasteiger partial charge in [0.15, 0.2) is 0 Å². The van der Waals surface area contributed by atoms with Crippen molar-refractivity contribution < 1.29 is 8.78 Å². The molecule has 0 radical (unpaired) electrons. The third-order valence-corrected chi connectivity index (χ3v) is 4.43. The van der Waals surface area contributed by atoms with E-state index in [0.29, 0.717) is 0 Å². The summed E-state index contributed by atoms with van der Waals surface area (Å²) in [5.41, 5.74) is 0.159. The molecule has 0 saturated heterocycles. The van der Waals surface area contributed by atoms with Crippen molar-refractivity contribution in [3.63, 3.8) is 0 Å². The Hall–Kier alpha value is -1.18. The first-order valence-electron chi connectivity index (χ1n) is 4.87. The number of hydrogen-bond donors (Lipinski definition) is 0. The van der Waals surface area contributed by atoms with Gasteiger partial charge in [-0.25, -0.2) is 0 Å². The van der Waals surface area contributed by atoms with Crippen LogP contribution in [0, 0.1) is 0 Å². The minimum absolute atomic E-state index is 0.0473.